The molecule has 3 atom stereocenters. The van der Waals surface area contributed by atoms with Crippen LogP contribution in [-0.4, -0.2) is 33.2 Å². The van der Waals surface area contributed by atoms with Crippen molar-refractivity contribution in [3.05, 3.63) is 18.1 Å². The Balaban J connectivity index is 1.64. The van der Waals surface area contributed by atoms with Gasteiger partial charge < -0.3 is 15.2 Å². The summed E-state index contributed by atoms with van der Waals surface area (Å²) < 4.78 is 2.44. The summed E-state index contributed by atoms with van der Waals surface area (Å²) in [5, 5.41) is 7.10. The highest BCUT2D eigenvalue weighted by Gasteiger charge is 2.35. The SMILES string of the molecule is c1nc2c(c3c1ncn3C1C[C@H]3CC[C@@H](C1)N3)CCN2. The molecule has 2 saturated heterocycles. The molecule has 5 heteroatoms. The van der Waals surface area contributed by atoms with E-state index in [9.17, 15) is 0 Å². The maximum absolute atomic E-state index is 4.59. The first kappa shape index (κ1) is 11.1. The van der Waals surface area contributed by atoms with Crippen LogP contribution in [0.15, 0.2) is 12.5 Å². The van der Waals surface area contributed by atoms with Crippen LogP contribution in [0.5, 0.6) is 0 Å². The van der Waals surface area contributed by atoms with E-state index in [4.69, 9.17) is 0 Å². The average Bonchev–Trinajstić information content (AvgIpc) is 3.15. The summed E-state index contributed by atoms with van der Waals surface area (Å²) >= 11 is 0. The van der Waals surface area contributed by atoms with E-state index < -0.39 is 0 Å². The van der Waals surface area contributed by atoms with Crippen LogP contribution in [0.4, 0.5) is 5.82 Å². The zero-order valence-electron chi connectivity index (χ0n) is 11.5. The lowest BCUT2D eigenvalue weighted by Crippen LogP contribution is -2.38. The number of piperidine rings is 1. The lowest BCUT2D eigenvalue weighted by Gasteiger charge is -2.30. The number of hydrogen-bond donors (Lipinski definition) is 2. The molecule has 2 aromatic rings. The molecule has 2 aromatic heterocycles. The number of fused-ring (bicyclic) bond motifs is 5. The molecule has 0 radical (unpaired) electrons. The Morgan fingerprint density at radius 3 is 2.85 bits per heavy atom. The fourth-order valence-corrected chi connectivity index (χ4v) is 4.32. The molecule has 2 fully saturated rings. The number of nitrogens with zero attached hydrogens (tertiary/aromatic N) is 3. The zero-order valence-corrected chi connectivity index (χ0v) is 11.5. The molecule has 0 saturated carbocycles. The number of hydrogen-bond acceptors (Lipinski definition) is 4. The standard InChI is InChI=1S/C15H19N5/c1-2-10-6-11(5-9(1)19-10)20-8-18-13-7-17-15-12(14(13)20)3-4-16-15/h7-11,19H,1-6H2,(H,16,17)/t9-,10+,11?. The minimum absolute atomic E-state index is 0.603. The molecule has 2 N–H and O–H groups in total. The number of aromatic nitrogens is 3. The average molecular weight is 269 g/mol. The van der Waals surface area contributed by atoms with Gasteiger partial charge in [0.05, 0.1) is 18.0 Å². The van der Waals surface area contributed by atoms with E-state index >= 15 is 0 Å². The molecular weight excluding hydrogens is 250 g/mol. The first-order valence-electron chi connectivity index (χ1n) is 7.73. The van der Waals surface area contributed by atoms with Crippen LogP contribution in [0.3, 0.4) is 0 Å². The maximum Gasteiger partial charge on any atom is 0.131 e. The van der Waals surface area contributed by atoms with Gasteiger partial charge in [-0.15, -0.1) is 0 Å². The van der Waals surface area contributed by atoms with Gasteiger partial charge in [0.25, 0.3) is 0 Å². The van der Waals surface area contributed by atoms with Crippen molar-refractivity contribution in [3.63, 3.8) is 0 Å². The summed E-state index contributed by atoms with van der Waals surface area (Å²) in [4.78, 5) is 9.08. The van der Waals surface area contributed by atoms with Gasteiger partial charge >= 0.3 is 0 Å². The number of nitrogens with one attached hydrogen (secondary N) is 2. The largest absolute Gasteiger partial charge is 0.369 e. The molecule has 3 aliphatic heterocycles. The van der Waals surface area contributed by atoms with Gasteiger partial charge in [0.15, 0.2) is 0 Å². The Bertz CT molecular complexity index is 664. The van der Waals surface area contributed by atoms with Gasteiger partial charge in [0, 0.05) is 30.2 Å². The van der Waals surface area contributed by atoms with Gasteiger partial charge in [-0.3, -0.25) is 0 Å². The molecule has 1 unspecified atom stereocenters. The van der Waals surface area contributed by atoms with Crippen molar-refractivity contribution < 1.29 is 0 Å². The summed E-state index contributed by atoms with van der Waals surface area (Å²) in [6.45, 7) is 1.00. The number of pyridine rings is 1. The van der Waals surface area contributed by atoms with E-state index in [1.807, 2.05) is 12.5 Å². The van der Waals surface area contributed by atoms with Crippen LogP contribution < -0.4 is 10.6 Å². The topological polar surface area (TPSA) is 54.8 Å². The smallest absolute Gasteiger partial charge is 0.131 e. The Labute approximate surface area is 117 Å². The van der Waals surface area contributed by atoms with Crippen molar-refractivity contribution in [1.29, 1.82) is 0 Å². The number of anilines is 1. The van der Waals surface area contributed by atoms with Crippen molar-refractivity contribution in [2.24, 2.45) is 0 Å². The summed E-state index contributed by atoms with van der Waals surface area (Å²) in [5.41, 5.74) is 3.75. The predicted molar refractivity (Wildman–Crippen MR) is 77.9 cm³/mol. The molecule has 20 heavy (non-hydrogen) atoms. The van der Waals surface area contributed by atoms with E-state index in [0.717, 1.165) is 24.3 Å². The minimum atomic E-state index is 0.603. The maximum atomic E-state index is 4.59. The third-order valence-corrected chi connectivity index (χ3v) is 5.22. The van der Waals surface area contributed by atoms with Crippen molar-refractivity contribution in [2.45, 2.75) is 50.2 Å². The van der Waals surface area contributed by atoms with Crippen molar-refractivity contribution >= 4 is 16.9 Å². The minimum Gasteiger partial charge on any atom is -0.369 e. The molecule has 3 aliphatic rings. The van der Waals surface area contributed by atoms with Gasteiger partial charge in [0.1, 0.15) is 11.3 Å². The summed E-state index contributed by atoms with van der Waals surface area (Å²) in [7, 11) is 0. The van der Waals surface area contributed by atoms with E-state index in [1.165, 1.54) is 36.8 Å². The first-order valence-corrected chi connectivity index (χ1v) is 7.73. The van der Waals surface area contributed by atoms with E-state index in [2.05, 4.69) is 25.2 Å². The van der Waals surface area contributed by atoms with Crippen molar-refractivity contribution in [2.75, 3.05) is 11.9 Å². The summed E-state index contributed by atoms with van der Waals surface area (Å²) in [5.74, 6) is 1.07. The van der Waals surface area contributed by atoms with Gasteiger partial charge in [-0.05, 0) is 32.1 Å². The third kappa shape index (κ3) is 1.47. The first-order chi connectivity index (χ1) is 9.88. The van der Waals surface area contributed by atoms with Crippen LogP contribution in [0.2, 0.25) is 0 Å². The van der Waals surface area contributed by atoms with E-state index in [1.54, 1.807) is 0 Å². The molecule has 5 nitrogen and oxygen atoms in total. The summed E-state index contributed by atoms with van der Waals surface area (Å²) in [6.07, 6.45) is 10.2. The van der Waals surface area contributed by atoms with Gasteiger partial charge in [0.2, 0.25) is 0 Å². The molecular formula is C15H19N5. The second-order valence-electron chi connectivity index (χ2n) is 6.41. The van der Waals surface area contributed by atoms with Gasteiger partial charge in [-0.25, -0.2) is 9.97 Å². The van der Waals surface area contributed by atoms with E-state index in [0.29, 0.717) is 18.1 Å². The molecule has 0 aliphatic carbocycles. The van der Waals surface area contributed by atoms with E-state index in [-0.39, 0.29) is 0 Å². The monoisotopic (exact) mass is 269 g/mol. The molecule has 0 amide bonds. The highest BCUT2D eigenvalue weighted by Crippen LogP contribution is 2.37. The number of rotatable bonds is 1. The molecule has 0 aromatic carbocycles. The molecule has 104 valence electrons. The van der Waals surface area contributed by atoms with Crippen LogP contribution in [0.25, 0.3) is 11.0 Å². The number of imidazole rings is 1. The zero-order chi connectivity index (χ0) is 13.1. The lowest BCUT2D eigenvalue weighted by molar-refractivity contribution is 0.303. The highest BCUT2D eigenvalue weighted by atomic mass is 15.1. The van der Waals surface area contributed by atoms with Crippen LogP contribution in [0.1, 0.15) is 37.3 Å². The molecule has 5 rings (SSSR count). The fraction of sp³-hybridized carbons (Fsp3) is 0.600. The Hall–Kier alpha value is -1.62. The van der Waals surface area contributed by atoms with Crippen molar-refractivity contribution in [1.82, 2.24) is 19.9 Å². The Kier molecular flexibility index (Phi) is 2.19. The molecule has 0 spiro atoms. The highest BCUT2D eigenvalue weighted by molar-refractivity contribution is 5.83. The fourth-order valence-electron chi connectivity index (χ4n) is 4.32. The normalized spacial score (nSPS) is 31.5. The second kappa shape index (κ2) is 3.95. The van der Waals surface area contributed by atoms with Gasteiger partial charge in [-0.1, -0.05) is 0 Å². The Morgan fingerprint density at radius 1 is 1.15 bits per heavy atom. The van der Waals surface area contributed by atoms with Crippen LogP contribution in [0, 0.1) is 0 Å². The van der Waals surface area contributed by atoms with Crippen molar-refractivity contribution in [3.8, 4) is 0 Å². The predicted octanol–water partition coefficient (Wildman–Crippen LogP) is 1.85. The van der Waals surface area contributed by atoms with Crippen LogP contribution in [-0.2, 0) is 6.42 Å². The third-order valence-electron chi connectivity index (χ3n) is 5.22. The summed E-state index contributed by atoms with van der Waals surface area (Å²) in [6, 6.07) is 2.03. The van der Waals surface area contributed by atoms with Gasteiger partial charge in [-0.2, -0.15) is 0 Å². The molecule has 5 heterocycles. The molecule has 2 bridgehead atoms. The quantitative estimate of drug-likeness (QED) is 0.829. The lowest BCUT2D eigenvalue weighted by atomic mass is 9.99. The Morgan fingerprint density at radius 2 is 2.00 bits per heavy atom. The second-order valence-corrected chi connectivity index (χ2v) is 6.41. The van der Waals surface area contributed by atoms with Crippen LogP contribution >= 0.6 is 0 Å².